The minimum Gasteiger partial charge on any atom is -0.287 e. The fourth-order valence-corrected chi connectivity index (χ4v) is 3.04. The zero-order valence-electron chi connectivity index (χ0n) is 15.3. The van der Waals surface area contributed by atoms with Crippen LogP contribution in [0.1, 0.15) is 37.7 Å². The summed E-state index contributed by atoms with van der Waals surface area (Å²) in [6, 6.07) is 23.3. The lowest BCUT2D eigenvalue weighted by molar-refractivity contribution is 0.0995. The first kappa shape index (κ1) is 18.4. The van der Waals surface area contributed by atoms with Crippen molar-refractivity contribution in [1.29, 1.82) is 0 Å². The summed E-state index contributed by atoms with van der Waals surface area (Å²) < 4.78 is 15.4. The van der Waals surface area contributed by atoms with Crippen molar-refractivity contribution in [3.05, 3.63) is 119 Å². The van der Waals surface area contributed by atoms with E-state index in [1.54, 1.807) is 78.9 Å². The molecule has 0 radical (unpaired) electrons. The lowest BCUT2D eigenvalue weighted by Gasteiger charge is -2.08. The van der Waals surface area contributed by atoms with Gasteiger partial charge in [-0.1, -0.05) is 84.1 Å². The van der Waals surface area contributed by atoms with E-state index in [9.17, 15) is 14.0 Å². The van der Waals surface area contributed by atoms with Crippen molar-refractivity contribution in [2.45, 2.75) is 6.54 Å². The first-order valence-electron chi connectivity index (χ1n) is 9.01. The molecule has 0 bridgehead atoms. The van der Waals surface area contributed by atoms with Crippen molar-refractivity contribution in [2.75, 3.05) is 0 Å². The Balaban J connectivity index is 1.82. The second-order valence-corrected chi connectivity index (χ2v) is 6.43. The van der Waals surface area contributed by atoms with E-state index in [1.807, 2.05) is 0 Å². The third kappa shape index (κ3) is 3.73. The monoisotopic (exact) mass is 385 g/mol. The Bertz CT molecular complexity index is 1170. The molecule has 0 aliphatic rings. The van der Waals surface area contributed by atoms with Crippen LogP contribution in [0.5, 0.6) is 0 Å². The predicted octanol–water partition coefficient (Wildman–Crippen LogP) is 3.93. The Morgan fingerprint density at radius 2 is 1.31 bits per heavy atom. The first-order valence-corrected chi connectivity index (χ1v) is 9.01. The number of aromatic nitrogens is 3. The van der Waals surface area contributed by atoms with Gasteiger partial charge in [0.15, 0.2) is 5.69 Å². The van der Waals surface area contributed by atoms with Crippen LogP contribution in [-0.2, 0) is 6.54 Å². The standard InChI is InChI=1S/C23H16FN3O2/c24-19-14-8-7-13-18(19)15-27-21(23(29)17-11-5-2-6-12-17)20(25-26-27)22(28)16-9-3-1-4-10-16/h1-14H,15H2. The van der Waals surface area contributed by atoms with E-state index in [2.05, 4.69) is 10.3 Å². The van der Waals surface area contributed by atoms with Crippen LogP contribution in [0.25, 0.3) is 0 Å². The predicted molar refractivity (Wildman–Crippen MR) is 105 cm³/mol. The summed E-state index contributed by atoms with van der Waals surface area (Å²) in [5.41, 5.74) is 1.12. The molecule has 0 N–H and O–H groups in total. The molecule has 3 aromatic carbocycles. The van der Waals surface area contributed by atoms with Crippen LogP contribution in [0.3, 0.4) is 0 Å². The molecule has 0 spiro atoms. The van der Waals surface area contributed by atoms with Crippen LogP contribution < -0.4 is 0 Å². The van der Waals surface area contributed by atoms with Crippen LogP contribution >= 0.6 is 0 Å². The molecule has 0 unspecified atom stereocenters. The molecular weight excluding hydrogens is 369 g/mol. The summed E-state index contributed by atoms with van der Waals surface area (Å²) in [6.07, 6.45) is 0. The van der Waals surface area contributed by atoms with Gasteiger partial charge in [-0.05, 0) is 6.07 Å². The summed E-state index contributed by atoms with van der Waals surface area (Å²) in [7, 11) is 0. The molecule has 0 saturated heterocycles. The number of hydrogen-bond donors (Lipinski definition) is 0. The molecule has 0 saturated carbocycles. The Labute approximate surface area is 166 Å². The average molecular weight is 385 g/mol. The van der Waals surface area contributed by atoms with E-state index >= 15 is 0 Å². The summed E-state index contributed by atoms with van der Waals surface area (Å²) in [5, 5.41) is 7.99. The van der Waals surface area contributed by atoms with Crippen LogP contribution in [0, 0.1) is 5.82 Å². The van der Waals surface area contributed by atoms with Gasteiger partial charge >= 0.3 is 0 Å². The minimum absolute atomic E-state index is 0.0182. The number of carbonyl (C=O) groups excluding carboxylic acids is 2. The van der Waals surface area contributed by atoms with Crippen molar-refractivity contribution in [3.8, 4) is 0 Å². The second kappa shape index (κ2) is 7.98. The van der Waals surface area contributed by atoms with Gasteiger partial charge in [0.25, 0.3) is 0 Å². The molecule has 1 heterocycles. The van der Waals surface area contributed by atoms with E-state index in [0.717, 1.165) is 0 Å². The molecule has 4 aromatic rings. The molecule has 0 aliphatic carbocycles. The molecule has 0 atom stereocenters. The SMILES string of the molecule is O=C(c1ccccc1)c1nnn(Cc2ccccc2F)c1C(=O)c1ccccc1. The summed E-state index contributed by atoms with van der Waals surface area (Å²) in [5.74, 6) is -1.23. The molecule has 1 aromatic heterocycles. The van der Waals surface area contributed by atoms with Crippen molar-refractivity contribution >= 4 is 11.6 Å². The lowest BCUT2D eigenvalue weighted by Crippen LogP contribution is -2.17. The van der Waals surface area contributed by atoms with Crippen molar-refractivity contribution < 1.29 is 14.0 Å². The summed E-state index contributed by atoms with van der Waals surface area (Å²) >= 11 is 0. The van der Waals surface area contributed by atoms with Gasteiger partial charge < -0.3 is 0 Å². The molecular formula is C23H16FN3O2. The number of nitrogens with zero attached hydrogens (tertiary/aromatic N) is 3. The molecule has 29 heavy (non-hydrogen) atoms. The maximum absolute atomic E-state index is 14.1. The third-order valence-electron chi connectivity index (χ3n) is 4.52. The number of ketones is 2. The Hall–Kier alpha value is -3.93. The highest BCUT2D eigenvalue weighted by molar-refractivity contribution is 6.17. The van der Waals surface area contributed by atoms with Crippen LogP contribution in [0.2, 0.25) is 0 Å². The number of halogens is 1. The first-order chi connectivity index (χ1) is 14.1. The zero-order chi connectivity index (χ0) is 20.2. The maximum Gasteiger partial charge on any atom is 0.215 e. The fraction of sp³-hybridized carbons (Fsp3) is 0.0435. The van der Waals surface area contributed by atoms with Gasteiger partial charge in [-0.2, -0.15) is 0 Å². The van der Waals surface area contributed by atoms with Gasteiger partial charge in [-0.3, -0.25) is 9.59 Å². The van der Waals surface area contributed by atoms with Gasteiger partial charge in [-0.15, -0.1) is 5.10 Å². The lowest BCUT2D eigenvalue weighted by atomic mass is 10.0. The van der Waals surface area contributed by atoms with E-state index in [4.69, 9.17) is 0 Å². The highest BCUT2D eigenvalue weighted by atomic mass is 19.1. The van der Waals surface area contributed by atoms with E-state index in [0.29, 0.717) is 16.7 Å². The smallest absolute Gasteiger partial charge is 0.215 e. The molecule has 0 aliphatic heterocycles. The normalized spacial score (nSPS) is 10.7. The number of rotatable bonds is 6. The molecule has 142 valence electrons. The van der Waals surface area contributed by atoms with Crippen molar-refractivity contribution in [2.24, 2.45) is 0 Å². The highest BCUT2D eigenvalue weighted by Gasteiger charge is 2.27. The Morgan fingerprint density at radius 1 is 0.759 bits per heavy atom. The molecule has 4 rings (SSSR count). The van der Waals surface area contributed by atoms with Gasteiger partial charge in [-0.25, -0.2) is 9.07 Å². The minimum atomic E-state index is -0.419. The number of carbonyl (C=O) groups is 2. The van der Waals surface area contributed by atoms with Crippen LogP contribution in [0.4, 0.5) is 4.39 Å². The molecule has 6 heteroatoms. The Morgan fingerprint density at radius 3 is 1.93 bits per heavy atom. The summed E-state index contributed by atoms with van der Waals surface area (Å²) in [4.78, 5) is 26.2. The average Bonchev–Trinajstić information content (AvgIpc) is 3.19. The zero-order valence-corrected chi connectivity index (χ0v) is 15.3. The van der Waals surface area contributed by atoms with Gasteiger partial charge in [0.05, 0.1) is 6.54 Å². The second-order valence-electron chi connectivity index (χ2n) is 6.43. The quantitative estimate of drug-likeness (QED) is 0.472. The maximum atomic E-state index is 14.1. The Kier molecular flexibility index (Phi) is 5.07. The molecule has 0 fully saturated rings. The fourth-order valence-electron chi connectivity index (χ4n) is 3.04. The van der Waals surface area contributed by atoms with Gasteiger partial charge in [0, 0.05) is 16.7 Å². The largest absolute Gasteiger partial charge is 0.287 e. The number of benzene rings is 3. The van der Waals surface area contributed by atoms with Crippen LogP contribution in [0.15, 0.2) is 84.9 Å². The van der Waals surface area contributed by atoms with Gasteiger partial charge in [0.2, 0.25) is 11.6 Å². The van der Waals surface area contributed by atoms with Gasteiger partial charge in [0.1, 0.15) is 11.5 Å². The van der Waals surface area contributed by atoms with Crippen molar-refractivity contribution in [3.63, 3.8) is 0 Å². The molecule has 0 amide bonds. The van der Waals surface area contributed by atoms with E-state index in [1.165, 1.54) is 10.7 Å². The highest BCUT2D eigenvalue weighted by Crippen LogP contribution is 2.19. The van der Waals surface area contributed by atoms with Crippen molar-refractivity contribution in [1.82, 2.24) is 15.0 Å². The number of hydrogen-bond acceptors (Lipinski definition) is 4. The van der Waals surface area contributed by atoms with E-state index < -0.39 is 17.4 Å². The molecule has 5 nitrogen and oxygen atoms in total. The van der Waals surface area contributed by atoms with Crippen LogP contribution in [-0.4, -0.2) is 26.6 Å². The van der Waals surface area contributed by atoms with E-state index in [-0.39, 0.29) is 17.9 Å². The topological polar surface area (TPSA) is 64.8 Å². The summed E-state index contributed by atoms with van der Waals surface area (Å²) in [6.45, 7) is -0.0182. The third-order valence-corrected chi connectivity index (χ3v) is 4.52.